The van der Waals surface area contributed by atoms with Crippen molar-refractivity contribution in [2.45, 2.75) is 10.8 Å². The number of thiophene rings is 2. The van der Waals surface area contributed by atoms with Crippen LogP contribution in [0.4, 0.5) is 0 Å². The van der Waals surface area contributed by atoms with E-state index in [1.807, 2.05) is 29.0 Å². The molecule has 21 heavy (non-hydrogen) atoms. The van der Waals surface area contributed by atoms with Gasteiger partial charge in [0, 0.05) is 5.75 Å². The van der Waals surface area contributed by atoms with Gasteiger partial charge < -0.3 is 4.42 Å². The van der Waals surface area contributed by atoms with E-state index in [-0.39, 0.29) is 0 Å². The molecule has 4 aromatic rings. The predicted molar refractivity (Wildman–Crippen MR) is 86.8 cm³/mol. The fraction of sp³-hybridized carbons (Fsp3) is 0.0714. The molecule has 4 aromatic heterocycles. The molecule has 0 radical (unpaired) electrons. The van der Waals surface area contributed by atoms with Crippen LogP contribution in [0.3, 0.4) is 0 Å². The van der Waals surface area contributed by atoms with Crippen molar-refractivity contribution in [3.63, 3.8) is 0 Å². The Kier molecular flexibility index (Phi) is 3.46. The van der Waals surface area contributed by atoms with E-state index in [1.165, 1.54) is 0 Å². The zero-order valence-corrected chi connectivity index (χ0v) is 13.2. The van der Waals surface area contributed by atoms with Crippen molar-refractivity contribution >= 4 is 44.7 Å². The van der Waals surface area contributed by atoms with Gasteiger partial charge in [-0.05, 0) is 22.9 Å². The van der Waals surface area contributed by atoms with E-state index in [4.69, 9.17) is 4.42 Å². The third-order valence-corrected chi connectivity index (χ3v) is 5.77. The molecule has 7 heteroatoms. The third-order valence-electron chi connectivity index (χ3n) is 2.85. The van der Waals surface area contributed by atoms with E-state index in [9.17, 15) is 0 Å². The van der Waals surface area contributed by atoms with Crippen molar-refractivity contribution < 1.29 is 4.42 Å². The van der Waals surface area contributed by atoms with Gasteiger partial charge in [-0.3, -0.25) is 0 Å². The molecule has 0 bridgehead atoms. The third kappa shape index (κ3) is 2.59. The van der Waals surface area contributed by atoms with E-state index in [0.717, 1.165) is 31.6 Å². The average Bonchev–Trinajstić information content (AvgIpc) is 3.23. The Bertz CT molecular complexity index is 867. The van der Waals surface area contributed by atoms with Crippen LogP contribution in [-0.2, 0) is 5.75 Å². The van der Waals surface area contributed by atoms with E-state index >= 15 is 0 Å². The molecule has 0 fully saturated rings. The quantitative estimate of drug-likeness (QED) is 0.401. The first-order chi connectivity index (χ1) is 10.4. The van der Waals surface area contributed by atoms with Crippen LogP contribution < -0.4 is 0 Å². The highest BCUT2D eigenvalue weighted by molar-refractivity contribution is 7.98. The summed E-state index contributed by atoms with van der Waals surface area (Å²) >= 11 is 4.95. The number of hydrogen-bond donors (Lipinski definition) is 0. The Morgan fingerprint density at radius 2 is 2.14 bits per heavy atom. The molecule has 4 nitrogen and oxygen atoms in total. The lowest BCUT2D eigenvalue weighted by atomic mass is 10.5. The van der Waals surface area contributed by atoms with Crippen molar-refractivity contribution in [2.24, 2.45) is 0 Å². The van der Waals surface area contributed by atoms with Gasteiger partial charge >= 0.3 is 0 Å². The van der Waals surface area contributed by atoms with Gasteiger partial charge in [-0.1, -0.05) is 17.8 Å². The first-order valence-corrected chi connectivity index (χ1v) is 8.94. The topological polar surface area (TPSA) is 51.8 Å². The molecule has 0 saturated heterocycles. The summed E-state index contributed by atoms with van der Waals surface area (Å²) in [6.45, 7) is 0. The van der Waals surface area contributed by atoms with E-state index in [0.29, 0.717) is 5.89 Å². The minimum absolute atomic E-state index is 0.685. The summed E-state index contributed by atoms with van der Waals surface area (Å²) in [7, 11) is 0. The summed E-state index contributed by atoms with van der Waals surface area (Å²) in [5, 5.41) is 5.05. The fourth-order valence-corrected chi connectivity index (χ4v) is 4.38. The first-order valence-electron chi connectivity index (χ1n) is 6.19. The highest BCUT2D eigenvalue weighted by Crippen LogP contribution is 2.31. The Balaban J connectivity index is 1.53. The van der Waals surface area contributed by atoms with Gasteiger partial charge in [0.2, 0.25) is 5.89 Å². The molecule has 0 spiro atoms. The van der Waals surface area contributed by atoms with Crippen LogP contribution in [0.25, 0.3) is 21.0 Å². The lowest BCUT2D eigenvalue weighted by molar-refractivity contribution is 0.575. The highest BCUT2D eigenvalue weighted by atomic mass is 32.2. The molecule has 0 aliphatic heterocycles. The van der Waals surface area contributed by atoms with Gasteiger partial charge in [0.15, 0.2) is 0 Å². The summed E-state index contributed by atoms with van der Waals surface area (Å²) in [5.41, 5.74) is 1.92. The zero-order valence-electron chi connectivity index (χ0n) is 10.7. The smallest absolute Gasteiger partial charge is 0.236 e. The minimum Gasteiger partial charge on any atom is -0.444 e. The van der Waals surface area contributed by atoms with Gasteiger partial charge in [-0.25, -0.2) is 15.0 Å². The molecule has 0 aliphatic carbocycles. The Morgan fingerprint density at radius 1 is 1.14 bits per heavy atom. The molecule has 0 aromatic carbocycles. The molecule has 0 atom stereocenters. The number of aromatic nitrogens is 3. The maximum Gasteiger partial charge on any atom is 0.236 e. The molecule has 0 saturated carbocycles. The lowest BCUT2D eigenvalue weighted by Crippen LogP contribution is -1.85. The maximum absolute atomic E-state index is 5.53. The molecule has 0 aliphatic rings. The monoisotopic (exact) mass is 331 g/mol. The van der Waals surface area contributed by atoms with Crippen molar-refractivity contribution in [3.05, 3.63) is 47.2 Å². The maximum atomic E-state index is 5.53. The molecule has 4 heterocycles. The zero-order chi connectivity index (χ0) is 14.1. The second-order valence-corrected chi connectivity index (χ2v) is 7.05. The molecule has 4 rings (SSSR count). The summed E-state index contributed by atoms with van der Waals surface area (Å²) in [6.07, 6.45) is 3.33. The number of fused-ring (bicyclic) bond motifs is 1. The van der Waals surface area contributed by atoms with Crippen molar-refractivity contribution in [3.8, 4) is 10.8 Å². The van der Waals surface area contributed by atoms with Crippen LogP contribution in [-0.4, -0.2) is 15.0 Å². The number of nitrogens with zero attached hydrogens (tertiary/aromatic N) is 3. The normalized spacial score (nSPS) is 11.2. The van der Waals surface area contributed by atoms with Crippen LogP contribution in [0.2, 0.25) is 0 Å². The van der Waals surface area contributed by atoms with Crippen molar-refractivity contribution in [1.82, 2.24) is 15.0 Å². The predicted octanol–water partition coefficient (Wildman–Crippen LogP) is 4.70. The number of oxazole rings is 1. The van der Waals surface area contributed by atoms with E-state index in [2.05, 4.69) is 15.0 Å². The summed E-state index contributed by atoms with van der Waals surface area (Å²) < 4.78 is 6.65. The summed E-state index contributed by atoms with van der Waals surface area (Å²) in [6, 6.07) is 6.01. The minimum atomic E-state index is 0.685. The van der Waals surface area contributed by atoms with Gasteiger partial charge in [0.25, 0.3) is 0 Å². The average molecular weight is 331 g/mol. The molecular formula is C14H9N3OS3. The van der Waals surface area contributed by atoms with E-state index in [1.54, 1.807) is 47.0 Å². The largest absolute Gasteiger partial charge is 0.444 e. The Morgan fingerprint density at radius 3 is 3.05 bits per heavy atom. The van der Waals surface area contributed by atoms with Gasteiger partial charge in [0.05, 0.1) is 20.8 Å². The van der Waals surface area contributed by atoms with E-state index < -0.39 is 0 Å². The molecule has 0 unspecified atom stereocenters. The first kappa shape index (κ1) is 13.0. The van der Waals surface area contributed by atoms with Gasteiger partial charge in [0.1, 0.15) is 17.6 Å². The second kappa shape index (κ2) is 5.59. The van der Waals surface area contributed by atoms with Gasteiger partial charge in [-0.2, -0.15) is 0 Å². The van der Waals surface area contributed by atoms with Crippen LogP contribution in [0.5, 0.6) is 0 Å². The molecular weight excluding hydrogens is 322 g/mol. The van der Waals surface area contributed by atoms with Crippen LogP contribution in [0, 0.1) is 0 Å². The van der Waals surface area contributed by atoms with Crippen LogP contribution in [0.1, 0.15) is 5.69 Å². The summed E-state index contributed by atoms with van der Waals surface area (Å²) in [4.78, 5) is 14.2. The number of rotatable bonds is 4. The van der Waals surface area contributed by atoms with Crippen molar-refractivity contribution in [1.29, 1.82) is 0 Å². The standard InChI is InChI=1S/C14H9N3OS3/c1-2-11(19-4-1)13-17-9(6-18-13)7-21-14-12-10(3-5-20-12)15-8-16-14/h1-6,8H,7H2. The van der Waals surface area contributed by atoms with Crippen LogP contribution in [0.15, 0.2) is 51.0 Å². The Labute approximate surface area is 132 Å². The Hall–Kier alpha value is -1.70. The van der Waals surface area contributed by atoms with Gasteiger partial charge in [-0.15, -0.1) is 22.7 Å². The molecule has 104 valence electrons. The summed E-state index contributed by atoms with van der Waals surface area (Å²) in [5.74, 6) is 1.42. The molecule has 0 N–H and O–H groups in total. The number of hydrogen-bond acceptors (Lipinski definition) is 7. The lowest BCUT2D eigenvalue weighted by Gasteiger charge is -1.98. The highest BCUT2D eigenvalue weighted by Gasteiger charge is 2.10. The SMILES string of the molecule is c1csc(-c2nc(CSc3ncnc4ccsc34)co2)c1. The second-order valence-electron chi connectivity index (χ2n) is 4.22. The fourth-order valence-electron chi connectivity index (χ4n) is 1.90. The number of thioether (sulfide) groups is 1. The van der Waals surface area contributed by atoms with Crippen LogP contribution >= 0.6 is 34.4 Å². The molecule has 0 amide bonds. The van der Waals surface area contributed by atoms with Crippen molar-refractivity contribution in [2.75, 3.05) is 0 Å².